The Morgan fingerprint density at radius 3 is 2.37 bits per heavy atom. The van der Waals surface area contributed by atoms with Crippen LogP contribution in [0.25, 0.3) is 0 Å². The van der Waals surface area contributed by atoms with Gasteiger partial charge >= 0.3 is 0 Å². The summed E-state index contributed by atoms with van der Waals surface area (Å²) in [7, 11) is 0. The first-order valence-corrected chi connectivity index (χ1v) is 10.1. The van der Waals surface area contributed by atoms with Crippen LogP contribution in [0.2, 0.25) is 0 Å². The molecule has 0 spiro atoms. The first-order chi connectivity index (χ1) is 14.3. The third-order valence-corrected chi connectivity index (χ3v) is 5.16. The number of ketones is 1. The Morgan fingerprint density at radius 2 is 1.77 bits per heavy atom. The molecule has 1 heterocycles. The van der Waals surface area contributed by atoms with E-state index in [0.29, 0.717) is 22.7 Å². The lowest BCUT2D eigenvalue weighted by Gasteiger charge is -2.32. The predicted molar refractivity (Wildman–Crippen MR) is 118 cm³/mol. The molecule has 2 aromatic rings. The molecule has 0 saturated heterocycles. The molecular formula is C23H27N3O4. The zero-order chi connectivity index (χ0) is 21.8. The maximum atomic E-state index is 12.7. The number of amides is 2. The van der Waals surface area contributed by atoms with Gasteiger partial charge in [0.25, 0.3) is 5.91 Å². The second kappa shape index (κ2) is 8.98. The lowest BCUT2D eigenvalue weighted by Crippen LogP contribution is -2.47. The van der Waals surface area contributed by atoms with Crippen molar-refractivity contribution in [3.05, 3.63) is 48.0 Å². The Balaban J connectivity index is 1.77. The molecule has 0 fully saturated rings. The molecule has 7 heteroatoms. The maximum absolute atomic E-state index is 12.7. The van der Waals surface area contributed by atoms with Crippen LogP contribution >= 0.6 is 0 Å². The average Bonchev–Trinajstić information content (AvgIpc) is 2.73. The highest BCUT2D eigenvalue weighted by molar-refractivity contribution is 6.07. The molecule has 0 aliphatic carbocycles. The Bertz CT molecular complexity index is 951. The molecule has 1 aliphatic rings. The molecule has 7 nitrogen and oxygen atoms in total. The smallest absolute Gasteiger partial charge is 0.268 e. The number of benzene rings is 2. The highest BCUT2D eigenvalue weighted by atomic mass is 16.5. The third-order valence-electron chi connectivity index (χ3n) is 5.16. The van der Waals surface area contributed by atoms with Gasteiger partial charge in [-0.1, -0.05) is 0 Å². The fourth-order valence-electron chi connectivity index (χ4n) is 3.48. The minimum absolute atomic E-state index is 0.124. The average molecular weight is 409 g/mol. The van der Waals surface area contributed by atoms with Gasteiger partial charge < -0.3 is 15.0 Å². The molecule has 0 saturated carbocycles. The van der Waals surface area contributed by atoms with Gasteiger partial charge in [0.2, 0.25) is 5.91 Å². The van der Waals surface area contributed by atoms with E-state index in [0.717, 1.165) is 18.8 Å². The number of fused-ring (bicyclic) bond motifs is 1. The molecule has 0 radical (unpaired) electrons. The first-order valence-electron chi connectivity index (χ1n) is 10.1. The van der Waals surface area contributed by atoms with Gasteiger partial charge in [0.15, 0.2) is 11.9 Å². The largest absolute Gasteiger partial charge is 0.479 e. The van der Waals surface area contributed by atoms with E-state index in [1.165, 1.54) is 11.8 Å². The number of ether oxygens (including phenoxy) is 1. The van der Waals surface area contributed by atoms with Crippen molar-refractivity contribution in [2.45, 2.75) is 33.8 Å². The van der Waals surface area contributed by atoms with Gasteiger partial charge in [0, 0.05) is 30.0 Å². The van der Waals surface area contributed by atoms with Crippen molar-refractivity contribution in [1.29, 1.82) is 0 Å². The van der Waals surface area contributed by atoms with Crippen molar-refractivity contribution in [1.82, 2.24) is 0 Å². The molecular weight excluding hydrogens is 382 g/mol. The van der Waals surface area contributed by atoms with Gasteiger partial charge in [-0.25, -0.2) is 0 Å². The second-order valence-corrected chi connectivity index (χ2v) is 7.19. The minimum Gasteiger partial charge on any atom is -0.479 e. The fourth-order valence-corrected chi connectivity index (χ4v) is 3.48. The lowest BCUT2D eigenvalue weighted by atomic mass is 10.1. The quantitative estimate of drug-likeness (QED) is 0.708. The number of nitrogens with one attached hydrogen (secondary N) is 1. The first kappa shape index (κ1) is 21.4. The maximum Gasteiger partial charge on any atom is 0.268 e. The molecule has 1 N–H and O–H groups in total. The summed E-state index contributed by atoms with van der Waals surface area (Å²) in [5.74, 6) is -0.299. The molecule has 30 heavy (non-hydrogen) atoms. The van der Waals surface area contributed by atoms with Gasteiger partial charge in [-0.3, -0.25) is 19.3 Å². The number of hydrogen-bond donors (Lipinski definition) is 1. The molecule has 3 rings (SSSR count). The van der Waals surface area contributed by atoms with Crippen molar-refractivity contribution in [3.63, 3.8) is 0 Å². The SMILES string of the molecule is CCN(CC)c1ccc(NC(=O)CN2C(=O)C(C)Oc3ccc(C(C)=O)cc32)cc1. The normalized spacial score (nSPS) is 15.3. The van der Waals surface area contributed by atoms with Crippen LogP contribution in [0.1, 0.15) is 38.1 Å². The topological polar surface area (TPSA) is 79.0 Å². The molecule has 0 aromatic heterocycles. The van der Waals surface area contributed by atoms with E-state index < -0.39 is 6.10 Å². The van der Waals surface area contributed by atoms with Crippen molar-refractivity contribution in [2.24, 2.45) is 0 Å². The molecule has 0 bridgehead atoms. The summed E-state index contributed by atoms with van der Waals surface area (Å²) in [4.78, 5) is 40.7. The highest BCUT2D eigenvalue weighted by Gasteiger charge is 2.33. The van der Waals surface area contributed by atoms with Crippen LogP contribution in [0, 0.1) is 0 Å². The van der Waals surface area contributed by atoms with Gasteiger partial charge in [-0.2, -0.15) is 0 Å². The van der Waals surface area contributed by atoms with E-state index >= 15 is 0 Å². The van der Waals surface area contributed by atoms with Crippen molar-refractivity contribution in [2.75, 3.05) is 34.8 Å². The summed E-state index contributed by atoms with van der Waals surface area (Å²) >= 11 is 0. The summed E-state index contributed by atoms with van der Waals surface area (Å²) in [6.45, 7) is 8.92. The lowest BCUT2D eigenvalue weighted by molar-refractivity contribution is -0.127. The Labute approximate surface area is 176 Å². The fraction of sp³-hybridized carbons (Fsp3) is 0.348. The van der Waals surface area contributed by atoms with Crippen molar-refractivity contribution < 1.29 is 19.1 Å². The van der Waals surface area contributed by atoms with Crippen LogP contribution < -0.4 is 19.9 Å². The van der Waals surface area contributed by atoms with Crippen LogP contribution in [0.15, 0.2) is 42.5 Å². The van der Waals surface area contributed by atoms with E-state index in [1.54, 1.807) is 25.1 Å². The molecule has 2 amide bonds. The number of Topliss-reactive ketones (excluding diaryl/α,β-unsaturated/α-hetero) is 1. The minimum atomic E-state index is -0.707. The van der Waals surface area contributed by atoms with E-state index in [2.05, 4.69) is 24.1 Å². The van der Waals surface area contributed by atoms with E-state index in [9.17, 15) is 14.4 Å². The van der Waals surface area contributed by atoms with Crippen LogP contribution in [0.5, 0.6) is 5.75 Å². The number of nitrogens with zero attached hydrogens (tertiary/aromatic N) is 2. The molecule has 1 atom stereocenters. The van der Waals surface area contributed by atoms with Gasteiger partial charge in [0.05, 0.1) is 5.69 Å². The zero-order valence-electron chi connectivity index (χ0n) is 17.8. The standard InChI is InChI=1S/C23H27N3O4/c1-5-25(6-2)19-10-8-18(9-11-19)24-22(28)14-26-20-13-17(15(3)27)7-12-21(20)30-16(4)23(26)29/h7-13,16H,5-6,14H2,1-4H3,(H,24,28). The van der Waals surface area contributed by atoms with E-state index in [-0.39, 0.29) is 24.1 Å². The number of carbonyl (C=O) groups is 3. The summed E-state index contributed by atoms with van der Waals surface area (Å²) < 4.78 is 5.63. The third kappa shape index (κ3) is 4.45. The number of rotatable bonds is 7. The summed E-state index contributed by atoms with van der Waals surface area (Å²) in [5, 5.41) is 2.84. The van der Waals surface area contributed by atoms with Gasteiger partial charge in [-0.15, -0.1) is 0 Å². The molecule has 1 unspecified atom stereocenters. The Kier molecular flexibility index (Phi) is 6.40. The predicted octanol–water partition coefficient (Wildman–Crippen LogP) is 3.49. The van der Waals surface area contributed by atoms with E-state index in [4.69, 9.17) is 4.74 Å². The Hall–Kier alpha value is -3.35. The van der Waals surface area contributed by atoms with Crippen LogP contribution in [0.4, 0.5) is 17.1 Å². The number of hydrogen-bond acceptors (Lipinski definition) is 5. The summed E-state index contributed by atoms with van der Waals surface area (Å²) in [6, 6.07) is 12.5. The van der Waals surface area contributed by atoms with Crippen molar-refractivity contribution >= 4 is 34.7 Å². The zero-order valence-corrected chi connectivity index (χ0v) is 17.8. The summed E-state index contributed by atoms with van der Waals surface area (Å²) in [5.41, 5.74) is 2.62. The molecule has 158 valence electrons. The number of carbonyl (C=O) groups excluding carboxylic acids is 3. The van der Waals surface area contributed by atoms with Gasteiger partial charge in [0.1, 0.15) is 12.3 Å². The van der Waals surface area contributed by atoms with Crippen LogP contribution in [-0.4, -0.2) is 43.3 Å². The van der Waals surface area contributed by atoms with Crippen LogP contribution in [0.3, 0.4) is 0 Å². The highest BCUT2D eigenvalue weighted by Crippen LogP contribution is 2.35. The monoisotopic (exact) mass is 409 g/mol. The Morgan fingerprint density at radius 1 is 1.10 bits per heavy atom. The van der Waals surface area contributed by atoms with Crippen molar-refractivity contribution in [3.8, 4) is 5.75 Å². The summed E-state index contributed by atoms with van der Waals surface area (Å²) in [6.07, 6.45) is -0.707. The van der Waals surface area contributed by atoms with E-state index in [1.807, 2.05) is 24.3 Å². The molecule has 2 aromatic carbocycles. The second-order valence-electron chi connectivity index (χ2n) is 7.19. The molecule has 1 aliphatic heterocycles. The van der Waals surface area contributed by atoms with Gasteiger partial charge in [-0.05, 0) is 70.2 Å². The van der Waals surface area contributed by atoms with Crippen LogP contribution in [-0.2, 0) is 9.59 Å². The number of anilines is 3.